The third-order valence-electron chi connectivity index (χ3n) is 4.30. The van der Waals surface area contributed by atoms with Crippen LogP contribution in [-0.4, -0.2) is 52.8 Å². The number of aromatic nitrogens is 1. The molecule has 8 heteroatoms. The van der Waals surface area contributed by atoms with Gasteiger partial charge in [-0.1, -0.05) is 23.5 Å². The zero-order valence-electron chi connectivity index (χ0n) is 13.0. The maximum absolute atomic E-state index is 13.0. The summed E-state index contributed by atoms with van der Waals surface area (Å²) >= 11 is 1.44. The van der Waals surface area contributed by atoms with Crippen molar-refractivity contribution in [2.24, 2.45) is 0 Å². The lowest BCUT2D eigenvalue weighted by Crippen LogP contribution is -2.56. The third-order valence-corrected chi connectivity index (χ3v) is 6.69. The molecule has 2 fully saturated rings. The van der Waals surface area contributed by atoms with Crippen molar-refractivity contribution in [1.29, 1.82) is 0 Å². The van der Waals surface area contributed by atoms with Crippen LogP contribution >= 0.6 is 11.3 Å². The summed E-state index contributed by atoms with van der Waals surface area (Å²) < 4.78 is 37.4. The van der Waals surface area contributed by atoms with Crippen LogP contribution in [0.3, 0.4) is 0 Å². The molecule has 4 nitrogen and oxygen atoms in total. The highest BCUT2D eigenvalue weighted by Gasteiger charge is 2.45. The number of hydrogen-bond donors (Lipinski definition) is 0. The number of alkyl halides is 2. The van der Waals surface area contributed by atoms with Crippen molar-refractivity contribution < 1.29 is 13.0 Å². The highest BCUT2D eigenvalue weighted by Crippen LogP contribution is 2.37. The largest absolute Gasteiger partial charge is 0.370 e. The number of thiazole rings is 1. The minimum atomic E-state index is -2.58. The number of benzene rings is 1. The van der Waals surface area contributed by atoms with E-state index in [4.69, 9.17) is 0 Å². The van der Waals surface area contributed by atoms with E-state index in [-0.39, 0.29) is 13.1 Å². The molecular formula is C16H17F2N3OS2. The van der Waals surface area contributed by atoms with E-state index in [0.717, 1.165) is 40.7 Å². The normalized spacial score (nSPS) is 20.9. The monoisotopic (exact) mass is 369 g/mol. The molecule has 0 unspecified atom stereocenters. The van der Waals surface area contributed by atoms with E-state index in [1.165, 1.54) is 11.3 Å². The van der Waals surface area contributed by atoms with Crippen LogP contribution in [0.4, 0.5) is 19.6 Å². The maximum atomic E-state index is 13.0. The van der Waals surface area contributed by atoms with Crippen LogP contribution in [0.25, 0.3) is 10.4 Å². The lowest BCUT2D eigenvalue weighted by molar-refractivity contribution is -0.0262. The van der Waals surface area contributed by atoms with Crippen molar-refractivity contribution in [2.45, 2.75) is 5.92 Å². The van der Waals surface area contributed by atoms with Gasteiger partial charge in [0.15, 0.2) is 5.13 Å². The topological polar surface area (TPSA) is 36.4 Å². The minimum Gasteiger partial charge on any atom is -0.370 e. The van der Waals surface area contributed by atoms with Crippen LogP contribution in [0.15, 0.2) is 30.5 Å². The van der Waals surface area contributed by atoms with Gasteiger partial charge >= 0.3 is 0 Å². The zero-order valence-corrected chi connectivity index (χ0v) is 14.6. The van der Waals surface area contributed by atoms with Crippen molar-refractivity contribution in [3.05, 3.63) is 30.5 Å². The van der Waals surface area contributed by atoms with Gasteiger partial charge in [-0.2, -0.15) is 0 Å². The van der Waals surface area contributed by atoms with Gasteiger partial charge in [0.2, 0.25) is 0 Å². The van der Waals surface area contributed by atoms with Gasteiger partial charge in [0, 0.05) is 47.3 Å². The fourth-order valence-electron chi connectivity index (χ4n) is 2.92. The number of hydrogen-bond acceptors (Lipinski definition) is 5. The van der Waals surface area contributed by atoms with E-state index in [2.05, 4.69) is 22.0 Å². The molecule has 4 rings (SSSR count). The third kappa shape index (κ3) is 3.17. The first-order valence-electron chi connectivity index (χ1n) is 7.79. The van der Waals surface area contributed by atoms with Gasteiger partial charge in [-0.05, 0) is 17.7 Å². The van der Waals surface area contributed by atoms with Crippen molar-refractivity contribution >= 4 is 33.0 Å². The molecule has 2 aliphatic heterocycles. The van der Waals surface area contributed by atoms with Crippen LogP contribution < -0.4 is 9.80 Å². The van der Waals surface area contributed by atoms with Crippen LogP contribution in [0.1, 0.15) is 0 Å². The van der Waals surface area contributed by atoms with Gasteiger partial charge in [0.05, 0.1) is 18.0 Å². The summed E-state index contributed by atoms with van der Waals surface area (Å²) in [6, 6.07) is 8.17. The zero-order chi connectivity index (χ0) is 16.7. The van der Waals surface area contributed by atoms with Crippen LogP contribution in [0.2, 0.25) is 0 Å². The average Bonchev–Trinajstić information content (AvgIpc) is 3.03. The highest BCUT2D eigenvalue weighted by atomic mass is 32.2. The Labute approximate surface area is 145 Å². The van der Waals surface area contributed by atoms with E-state index >= 15 is 0 Å². The first kappa shape index (κ1) is 16.0. The molecule has 0 saturated carbocycles. The summed E-state index contributed by atoms with van der Waals surface area (Å²) in [6.07, 6.45) is 1.75. The molecule has 1 aromatic heterocycles. The minimum absolute atomic E-state index is 0.241. The SMILES string of the molecule is O=S1CCN(c2ccc(-c3cnc(N4CC(F)(F)C4)s3)cc2)CC1. The summed E-state index contributed by atoms with van der Waals surface area (Å²) in [5, 5.41) is 0.651. The lowest BCUT2D eigenvalue weighted by Gasteiger charge is -2.38. The van der Waals surface area contributed by atoms with Gasteiger partial charge in [-0.3, -0.25) is 4.21 Å². The molecule has 2 aromatic rings. The van der Waals surface area contributed by atoms with Gasteiger partial charge in [-0.25, -0.2) is 13.8 Å². The van der Waals surface area contributed by atoms with Gasteiger partial charge in [0.1, 0.15) is 0 Å². The first-order chi connectivity index (χ1) is 11.5. The molecule has 2 aliphatic rings. The Balaban J connectivity index is 1.45. The second-order valence-corrected chi connectivity index (χ2v) is 8.81. The summed E-state index contributed by atoms with van der Waals surface area (Å²) in [4.78, 5) is 9.09. The fourth-order valence-corrected chi connectivity index (χ4v) is 4.90. The predicted molar refractivity (Wildman–Crippen MR) is 94.8 cm³/mol. The number of anilines is 2. The summed E-state index contributed by atoms with van der Waals surface area (Å²) in [5.41, 5.74) is 2.16. The van der Waals surface area contributed by atoms with Crippen molar-refractivity contribution in [1.82, 2.24) is 4.98 Å². The van der Waals surface area contributed by atoms with E-state index in [1.54, 1.807) is 11.1 Å². The number of rotatable bonds is 3. The highest BCUT2D eigenvalue weighted by molar-refractivity contribution is 7.85. The molecule has 0 amide bonds. The van der Waals surface area contributed by atoms with Gasteiger partial charge < -0.3 is 9.80 Å². The van der Waals surface area contributed by atoms with E-state index in [1.807, 2.05) is 12.1 Å². The standard InChI is InChI=1S/C16H17F2N3OS2/c17-16(18)10-21(11-16)15-19-9-14(23-15)12-1-3-13(4-2-12)20-5-7-24(22)8-6-20/h1-4,9H,5-8,10-11H2. The molecule has 0 bridgehead atoms. The predicted octanol–water partition coefficient (Wildman–Crippen LogP) is 2.83. The van der Waals surface area contributed by atoms with Crippen LogP contribution in [0.5, 0.6) is 0 Å². The molecule has 128 valence electrons. The Bertz CT molecular complexity index is 745. The Morgan fingerprint density at radius 1 is 1.08 bits per heavy atom. The smallest absolute Gasteiger partial charge is 0.282 e. The number of halogens is 2. The molecule has 24 heavy (non-hydrogen) atoms. The quantitative estimate of drug-likeness (QED) is 0.834. The van der Waals surface area contributed by atoms with Crippen molar-refractivity contribution in [2.75, 3.05) is 47.5 Å². The summed E-state index contributed by atoms with van der Waals surface area (Å²) in [5.74, 6) is -1.13. The Kier molecular flexibility index (Phi) is 4.04. The maximum Gasteiger partial charge on any atom is 0.282 e. The molecule has 2 saturated heterocycles. The second-order valence-electron chi connectivity index (χ2n) is 6.10. The molecule has 0 atom stereocenters. The van der Waals surface area contributed by atoms with Crippen LogP contribution in [0, 0.1) is 0 Å². The average molecular weight is 369 g/mol. The summed E-state index contributed by atoms with van der Waals surface area (Å²) in [7, 11) is -0.678. The van der Waals surface area contributed by atoms with Crippen molar-refractivity contribution in [3.63, 3.8) is 0 Å². The van der Waals surface area contributed by atoms with Gasteiger partial charge in [0.25, 0.3) is 5.92 Å². The molecule has 0 spiro atoms. The second kappa shape index (κ2) is 6.07. The van der Waals surface area contributed by atoms with Crippen molar-refractivity contribution in [3.8, 4) is 10.4 Å². The van der Waals surface area contributed by atoms with E-state index < -0.39 is 16.7 Å². The summed E-state index contributed by atoms with van der Waals surface area (Å²) in [6.45, 7) is 1.16. The Hall–Kier alpha value is -1.54. The van der Waals surface area contributed by atoms with E-state index in [9.17, 15) is 13.0 Å². The van der Waals surface area contributed by atoms with Crippen LogP contribution in [-0.2, 0) is 10.8 Å². The first-order valence-corrected chi connectivity index (χ1v) is 10.1. The molecular weight excluding hydrogens is 352 g/mol. The molecule has 0 aliphatic carbocycles. The fraction of sp³-hybridized carbons (Fsp3) is 0.438. The lowest BCUT2D eigenvalue weighted by atomic mass is 10.1. The Morgan fingerprint density at radius 3 is 2.38 bits per heavy atom. The van der Waals surface area contributed by atoms with E-state index in [0.29, 0.717) is 5.13 Å². The molecule has 1 aromatic carbocycles. The Morgan fingerprint density at radius 2 is 1.75 bits per heavy atom. The molecule has 0 radical (unpaired) electrons. The molecule has 0 N–H and O–H groups in total. The molecule has 3 heterocycles. The number of nitrogens with zero attached hydrogens (tertiary/aromatic N) is 3. The van der Waals surface area contributed by atoms with Gasteiger partial charge in [-0.15, -0.1) is 0 Å².